The summed E-state index contributed by atoms with van der Waals surface area (Å²) in [5.74, 6) is 1.00. The summed E-state index contributed by atoms with van der Waals surface area (Å²) in [6, 6.07) is 4.79. The normalized spacial score (nSPS) is 14.3. The van der Waals surface area contributed by atoms with Crippen molar-refractivity contribution in [2.45, 2.75) is 12.2 Å². The number of hydrogen-bond donors (Lipinski definition) is 3. The Morgan fingerprint density at radius 3 is 2.25 bits per heavy atom. The van der Waals surface area contributed by atoms with Gasteiger partial charge in [0.2, 0.25) is 0 Å². The second-order valence-corrected chi connectivity index (χ2v) is 3.31. The summed E-state index contributed by atoms with van der Waals surface area (Å²) in [6.45, 7) is -0.504. The first kappa shape index (κ1) is 12.8. The van der Waals surface area contributed by atoms with Crippen molar-refractivity contribution < 1.29 is 24.8 Å². The fraction of sp³-hybridized carbons (Fsp3) is 0.455. The summed E-state index contributed by atoms with van der Waals surface area (Å²) in [5, 5.41) is 27.7. The van der Waals surface area contributed by atoms with E-state index >= 15 is 0 Å². The molecule has 0 radical (unpaired) electrons. The summed E-state index contributed by atoms with van der Waals surface area (Å²) in [7, 11) is 2.99. The van der Waals surface area contributed by atoms with E-state index in [2.05, 4.69) is 0 Å². The summed E-state index contributed by atoms with van der Waals surface area (Å²) >= 11 is 0. The molecule has 0 aliphatic carbocycles. The van der Waals surface area contributed by atoms with Crippen LogP contribution in [0.5, 0.6) is 11.5 Å². The molecule has 0 saturated heterocycles. The minimum Gasteiger partial charge on any atom is -0.493 e. The number of aliphatic hydroxyl groups excluding tert-OH is 3. The minimum absolute atomic E-state index is 0.458. The lowest BCUT2D eigenvalue weighted by Crippen LogP contribution is -2.22. The predicted octanol–water partition coefficient (Wildman–Crippen LogP) is 0.0904. The van der Waals surface area contributed by atoms with E-state index < -0.39 is 18.8 Å². The minimum atomic E-state index is -1.21. The standard InChI is InChI=1S/C11H16O5/c1-15-9-4-3-7(5-10(9)16-2)11(14)8(13)6-12/h3-5,8,11-14H,6H2,1-2H3/t8-,11-/m0/s1. The average Bonchev–Trinajstić information content (AvgIpc) is 2.35. The zero-order valence-electron chi connectivity index (χ0n) is 9.25. The van der Waals surface area contributed by atoms with Crippen molar-refractivity contribution in [3.63, 3.8) is 0 Å². The van der Waals surface area contributed by atoms with Gasteiger partial charge >= 0.3 is 0 Å². The molecular formula is C11H16O5. The van der Waals surface area contributed by atoms with E-state index in [0.29, 0.717) is 17.1 Å². The van der Waals surface area contributed by atoms with Crippen LogP contribution in [0.15, 0.2) is 18.2 Å². The molecule has 0 aromatic heterocycles. The number of benzene rings is 1. The summed E-state index contributed by atoms with van der Waals surface area (Å²) < 4.78 is 10.1. The van der Waals surface area contributed by atoms with Gasteiger partial charge in [-0.2, -0.15) is 0 Å². The largest absolute Gasteiger partial charge is 0.493 e. The Balaban J connectivity index is 2.98. The van der Waals surface area contributed by atoms with Gasteiger partial charge in [-0.3, -0.25) is 0 Å². The van der Waals surface area contributed by atoms with Gasteiger partial charge in [-0.05, 0) is 17.7 Å². The van der Waals surface area contributed by atoms with Gasteiger partial charge in [0.15, 0.2) is 11.5 Å². The highest BCUT2D eigenvalue weighted by molar-refractivity contribution is 5.43. The molecule has 0 unspecified atom stereocenters. The number of methoxy groups -OCH3 is 2. The van der Waals surface area contributed by atoms with Crippen LogP contribution in [-0.2, 0) is 0 Å². The van der Waals surface area contributed by atoms with Gasteiger partial charge in [0.25, 0.3) is 0 Å². The van der Waals surface area contributed by atoms with Crippen molar-refractivity contribution in [3.8, 4) is 11.5 Å². The van der Waals surface area contributed by atoms with Gasteiger partial charge in [0.1, 0.15) is 12.2 Å². The van der Waals surface area contributed by atoms with Crippen molar-refractivity contribution in [2.75, 3.05) is 20.8 Å². The lowest BCUT2D eigenvalue weighted by atomic mass is 10.0. The maximum absolute atomic E-state index is 9.67. The highest BCUT2D eigenvalue weighted by Crippen LogP contribution is 2.30. The van der Waals surface area contributed by atoms with E-state index in [-0.39, 0.29) is 0 Å². The molecule has 90 valence electrons. The Kier molecular flexibility index (Phi) is 4.54. The fourth-order valence-corrected chi connectivity index (χ4v) is 1.36. The Bertz CT molecular complexity index is 339. The van der Waals surface area contributed by atoms with Crippen molar-refractivity contribution >= 4 is 0 Å². The Morgan fingerprint density at radius 1 is 1.12 bits per heavy atom. The molecule has 0 saturated carbocycles. The first-order chi connectivity index (χ1) is 7.63. The van der Waals surface area contributed by atoms with Crippen LogP contribution in [-0.4, -0.2) is 42.3 Å². The molecule has 5 heteroatoms. The quantitative estimate of drug-likeness (QED) is 0.665. The first-order valence-electron chi connectivity index (χ1n) is 4.83. The van der Waals surface area contributed by atoms with E-state index in [9.17, 15) is 10.2 Å². The molecule has 5 nitrogen and oxygen atoms in total. The van der Waals surface area contributed by atoms with Gasteiger partial charge in [-0.25, -0.2) is 0 Å². The van der Waals surface area contributed by atoms with Crippen molar-refractivity contribution in [3.05, 3.63) is 23.8 Å². The SMILES string of the molecule is COc1ccc([C@H](O)[C@@H](O)CO)cc1OC. The molecule has 0 heterocycles. The molecule has 0 bridgehead atoms. The molecule has 1 rings (SSSR count). The topological polar surface area (TPSA) is 79.2 Å². The zero-order chi connectivity index (χ0) is 12.1. The van der Waals surface area contributed by atoms with Crippen LogP contribution in [0.3, 0.4) is 0 Å². The molecule has 3 N–H and O–H groups in total. The van der Waals surface area contributed by atoms with Crippen LogP contribution in [0.4, 0.5) is 0 Å². The number of ether oxygens (including phenoxy) is 2. The van der Waals surface area contributed by atoms with E-state index in [1.165, 1.54) is 14.2 Å². The second-order valence-electron chi connectivity index (χ2n) is 3.31. The van der Waals surface area contributed by atoms with E-state index in [4.69, 9.17) is 14.6 Å². The van der Waals surface area contributed by atoms with Gasteiger partial charge < -0.3 is 24.8 Å². The predicted molar refractivity (Wildman–Crippen MR) is 57.6 cm³/mol. The van der Waals surface area contributed by atoms with Crippen LogP contribution in [0.25, 0.3) is 0 Å². The number of aliphatic hydroxyl groups is 3. The summed E-state index contributed by atoms with van der Waals surface area (Å²) in [5.41, 5.74) is 0.458. The monoisotopic (exact) mass is 228 g/mol. The highest BCUT2D eigenvalue weighted by Gasteiger charge is 2.18. The molecular weight excluding hydrogens is 212 g/mol. The smallest absolute Gasteiger partial charge is 0.161 e. The van der Waals surface area contributed by atoms with Crippen LogP contribution >= 0.6 is 0 Å². The third-order valence-electron chi connectivity index (χ3n) is 2.30. The fourth-order valence-electron chi connectivity index (χ4n) is 1.36. The third-order valence-corrected chi connectivity index (χ3v) is 2.30. The second kappa shape index (κ2) is 5.69. The van der Waals surface area contributed by atoms with Crippen molar-refractivity contribution in [1.29, 1.82) is 0 Å². The average molecular weight is 228 g/mol. The summed E-state index contributed by atoms with van der Waals surface area (Å²) in [6.07, 6.45) is -2.36. The molecule has 0 amide bonds. The summed E-state index contributed by atoms with van der Waals surface area (Å²) in [4.78, 5) is 0. The molecule has 16 heavy (non-hydrogen) atoms. The molecule has 2 atom stereocenters. The van der Waals surface area contributed by atoms with Crippen LogP contribution in [0.1, 0.15) is 11.7 Å². The number of rotatable bonds is 5. The van der Waals surface area contributed by atoms with Gasteiger partial charge in [-0.15, -0.1) is 0 Å². The molecule has 0 fully saturated rings. The third kappa shape index (κ3) is 2.63. The number of hydrogen-bond acceptors (Lipinski definition) is 5. The molecule has 0 aliphatic rings. The van der Waals surface area contributed by atoms with Crippen molar-refractivity contribution in [1.82, 2.24) is 0 Å². The zero-order valence-corrected chi connectivity index (χ0v) is 9.25. The maximum Gasteiger partial charge on any atom is 0.161 e. The molecule has 1 aromatic rings. The molecule has 0 aliphatic heterocycles. The highest BCUT2D eigenvalue weighted by atomic mass is 16.5. The van der Waals surface area contributed by atoms with Gasteiger partial charge in [0, 0.05) is 0 Å². The molecule has 1 aromatic carbocycles. The Morgan fingerprint density at radius 2 is 1.75 bits per heavy atom. The molecule has 0 spiro atoms. The lowest BCUT2D eigenvalue weighted by Gasteiger charge is -2.17. The maximum atomic E-state index is 9.67. The van der Waals surface area contributed by atoms with E-state index in [1.807, 2.05) is 0 Å². The van der Waals surface area contributed by atoms with E-state index in [0.717, 1.165) is 0 Å². The van der Waals surface area contributed by atoms with Gasteiger partial charge in [0.05, 0.1) is 20.8 Å². The van der Waals surface area contributed by atoms with Crippen LogP contribution in [0.2, 0.25) is 0 Å². The lowest BCUT2D eigenvalue weighted by molar-refractivity contribution is -0.0153. The van der Waals surface area contributed by atoms with Crippen molar-refractivity contribution in [2.24, 2.45) is 0 Å². The van der Waals surface area contributed by atoms with Gasteiger partial charge in [-0.1, -0.05) is 6.07 Å². The Labute approximate surface area is 93.9 Å². The first-order valence-corrected chi connectivity index (χ1v) is 4.83. The van der Waals surface area contributed by atoms with Crippen LogP contribution in [0, 0.1) is 0 Å². The Hall–Kier alpha value is -1.30. The van der Waals surface area contributed by atoms with Crippen LogP contribution < -0.4 is 9.47 Å². The van der Waals surface area contributed by atoms with E-state index in [1.54, 1.807) is 18.2 Å².